The van der Waals surface area contributed by atoms with E-state index in [0.717, 1.165) is 27.1 Å². The average molecular weight is 369 g/mol. The van der Waals surface area contributed by atoms with Crippen molar-refractivity contribution in [1.82, 2.24) is 0 Å². The first-order chi connectivity index (χ1) is 13.6. The summed E-state index contributed by atoms with van der Waals surface area (Å²) in [7, 11) is 0. The fraction of sp³-hybridized carbons (Fsp3) is 0.0833. The number of anilines is 1. The Balaban J connectivity index is 1.69. The fourth-order valence-electron chi connectivity index (χ4n) is 3.39. The molecule has 0 aromatic heterocycles. The van der Waals surface area contributed by atoms with Gasteiger partial charge in [-0.2, -0.15) is 0 Å². The summed E-state index contributed by atoms with van der Waals surface area (Å²) in [5, 5.41) is 6.57. The Labute approximate surface area is 162 Å². The monoisotopic (exact) mass is 369 g/mol. The Bertz CT molecular complexity index is 1190. The highest BCUT2D eigenvalue weighted by Gasteiger charge is 2.15. The Morgan fingerprint density at radius 2 is 1.43 bits per heavy atom. The van der Waals surface area contributed by atoms with Crippen molar-refractivity contribution in [3.63, 3.8) is 0 Å². The van der Waals surface area contributed by atoms with E-state index in [-0.39, 0.29) is 18.3 Å². The third kappa shape index (κ3) is 3.58. The largest absolute Gasteiger partial charge is 0.423 e. The molecule has 0 heterocycles. The number of carbonyl (C=O) groups excluding carboxylic acids is 2. The molecule has 0 aliphatic carbocycles. The van der Waals surface area contributed by atoms with Gasteiger partial charge in [0.1, 0.15) is 0 Å². The second-order valence-electron chi connectivity index (χ2n) is 6.63. The minimum Gasteiger partial charge on any atom is -0.423 e. The highest BCUT2D eigenvalue weighted by atomic mass is 16.5. The molecule has 0 bridgehead atoms. The van der Waals surface area contributed by atoms with Crippen LogP contribution in [0.25, 0.3) is 21.5 Å². The molecule has 28 heavy (non-hydrogen) atoms. The van der Waals surface area contributed by atoms with Gasteiger partial charge in [0.2, 0.25) is 5.91 Å². The molecule has 4 nitrogen and oxygen atoms in total. The lowest BCUT2D eigenvalue weighted by Crippen LogP contribution is -2.14. The van der Waals surface area contributed by atoms with Gasteiger partial charge in [-0.25, -0.2) is 0 Å². The van der Waals surface area contributed by atoms with E-state index in [0.29, 0.717) is 11.4 Å². The predicted octanol–water partition coefficient (Wildman–Crippen LogP) is 5.10. The van der Waals surface area contributed by atoms with Crippen LogP contribution in [0.4, 0.5) is 5.69 Å². The van der Waals surface area contributed by atoms with Crippen LogP contribution in [0, 0.1) is 0 Å². The van der Waals surface area contributed by atoms with Crippen molar-refractivity contribution in [3.8, 4) is 5.75 Å². The van der Waals surface area contributed by atoms with Crippen molar-refractivity contribution in [2.75, 3.05) is 5.32 Å². The molecule has 0 radical (unpaired) electrons. The molecule has 4 heteroatoms. The van der Waals surface area contributed by atoms with Crippen LogP contribution in [0.3, 0.4) is 0 Å². The third-order valence-electron chi connectivity index (χ3n) is 4.62. The Morgan fingerprint density at radius 1 is 0.786 bits per heavy atom. The number of amides is 1. The number of fused-ring (bicyclic) bond motifs is 2. The smallest absolute Gasteiger partial charge is 0.315 e. The lowest BCUT2D eigenvalue weighted by molar-refractivity contribution is -0.133. The molecular formula is C24H19NO3. The average Bonchev–Trinajstić information content (AvgIpc) is 2.70. The van der Waals surface area contributed by atoms with Gasteiger partial charge in [0.25, 0.3) is 0 Å². The first kappa shape index (κ1) is 17.7. The first-order valence-electron chi connectivity index (χ1n) is 9.08. The van der Waals surface area contributed by atoms with Gasteiger partial charge in [-0.15, -0.1) is 0 Å². The minimum atomic E-state index is -0.376. The van der Waals surface area contributed by atoms with Gasteiger partial charge < -0.3 is 10.1 Å². The van der Waals surface area contributed by atoms with Crippen LogP contribution in [0.2, 0.25) is 0 Å². The molecule has 4 rings (SSSR count). The van der Waals surface area contributed by atoms with E-state index in [9.17, 15) is 9.59 Å². The van der Waals surface area contributed by atoms with Gasteiger partial charge in [0, 0.05) is 12.3 Å². The van der Waals surface area contributed by atoms with E-state index in [1.54, 1.807) is 6.07 Å². The van der Waals surface area contributed by atoms with Crippen molar-refractivity contribution in [3.05, 3.63) is 84.4 Å². The molecule has 0 unspecified atom stereocenters. The summed E-state index contributed by atoms with van der Waals surface area (Å²) in [5.41, 5.74) is 1.39. The molecule has 0 fully saturated rings. The minimum absolute atomic E-state index is 0.143. The number of hydrogen-bond donors (Lipinski definition) is 1. The number of carbonyl (C=O) groups is 2. The molecule has 0 saturated heterocycles. The standard InChI is InChI=1S/C24H19NO3/c1-16(26)25-22-14-13-18-8-3-5-12-21(18)24(22)28-23(27)15-19-10-6-9-17-7-2-4-11-20(17)19/h2-14H,15H2,1H3,(H,25,26). The number of nitrogens with one attached hydrogen (secondary N) is 1. The molecule has 0 saturated carbocycles. The molecule has 1 N–H and O–H groups in total. The zero-order valence-corrected chi connectivity index (χ0v) is 15.4. The van der Waals surface area contributed by atoms with E-state index in [2.05, 4.69) is 5.32 Å². The van der Waals surface area contributed by atoms with E-state index in [1.165, 1.54) is 6.92 Å². The first-order valence-corrected chi connectivity index (χ1v) is 9.08. The van der Waals surface area contributed by atoms with Crippen LogP contribution in [-0.4, -0.2) is 11.9 Å². The summed E-state index contributed by atoms with van der Waals surface area (Å²) in [6.45, 7) is 1.43. The normalized spacial score (nSPS) is 10.8. The van der Waals surface area contributed by atoms with Crippen LogP contribution in [0.15, 0.2) is 78.9 Å². The molecule has 1 amide bonds. The van der Waals surface area contributed by atoms with Gasteiger partial charge in [-0.1, -0.05) is 72.8 Å². The summed E-state index contributed by atoms with van der Waals surface area (Å²) in [5.74, 6) is -0.223. The second kappa shape index (κ2) is 7.53. The predicted molar refractivity (Wildman–Crippen MR) is 112 cm³/mol. The molecule has 4 aromatic rings. The lowest BCUT2D eigenvalue weighted by Gasteiger charge is -2.14. The highest BCUT2D eigenvalue weighted by Crippen LogP contribution is 2.34. The Hall–Kier alpha value is -3.66. The maximum atomic E-state index is 12.8. The SMILES string of the molecule is CC(=O)Nc1ccc2ccccc2c1OC(=O)Cc1cccc2ccccc12. The molecule has 0 aliphatic heterocycles. The number of hydrogen-bond acceptors (Lipinski definition) is 3. The van der Waals surface area contributed by atoms with E-state index < -0.39 is 0 Å². The van der Waals surface area contributed by atoms with E-state index >= 15 is 0 Å². The highest BCUT2D eigenvalue weighted by molar-refractivity contribution is 6.00. The summed E-state index contributed by atoms with van der Waals surface area (Å²) in [6, 6.07) is 25.1. The van der Waals surface area contributed by atoms with E-state index in [1.807, 2.05) is 72.8 Å². The maximum Gasteiger partial charge on any atom is 0.315 e. The van der Waals surface area contributed by atoms with Gasteiger partial charge in [-0.3, -0.25) is 9.59 Å². The molecule has 0 aliphatic rings. The second-order valence-corrected chi connectivity index (χ2v) is 6.63. The number of benzene rings is 4. The van der Waals surface area contributed by atoms with E-state index in [4.69, 9.17) is 4.74 Å². The molecular weight excluding hydrogens is 350 g/mol. The van der Waals surface area contributed by atoms with Crippen molar-refractivity contribution >= 4 is 39.1 Å². The van der Waals surface area contributed by atoms with Crippen LogP contribution >= 0.6 is 0 Å². The molecule has 138 valence electrons. The van der Waals surface area contributed by atoms with Crippen molar-refractivity contribution in [2.45, 2.75) is 13.3 Å². The Kier molecular flexibility index (Phi) is 4.77. The van der Waals surface area contributed by atoms with Crippen LogP contribution in [0.5, 0.6) is 5.75 Å². The fourth-order valence-corrected chi connectivity index (χ4v) is 3.39. The number of esters is 1. The van der Waals surface area contributed by atoms with Crippen LogP contribution in [-0.2, 0) is 16.0 Å². The Morgan fingerprint density at radius 3 is 2.18 bits per heavy atom. The van der Waals surface area contributed by atoms with Crippen molar-refractivity contribution < 1.29 is 14.3 Å². The third-order valence-corrected chi connectivity index (χ3v) is 4.62. The zero-order valence-electron chi connectivity index (χ0n) is 15.4. The van der Waals surface area contributed by atoms with Crippen LogP contribution in [0.1, 0.15) is 12.5 Å². The quantitative estimate of drug-likeness (QED) is 0.402. The summed E-state index contributed by atoms with van der Waals surface area (Å²) < 4.78 is 5.76. The van der Waals surface area contributed by atoms with Gasteiger partial charge in [-0.05, 0) is 27.8 Å². The summed E-state index contributed by atoms with van der Waals surface area (Å²) in [6.07, 6.45) is 0.143. The molecule has 4 aromatic carbocycles. The van der Waals surface area contributed by atoms with Crippen molar-refractivity contribution in [2.24, 2.45) is 0 Å². The van der Waals surface area contributed by atoms with Gasteiger partial charge in [0.05, 0.1) is 12.1 Å². The topological polar surface area (TPSA) is 55.4 Å². The molecule has 0 spiro atoms. The van der Waals surface area contributed by atoms with Crippen molar-refractivity contribution in [1.29, 1.82) is 0 Å². The van der Waals surface area contributed by atoms with Crippen LogP contribution < -0.4 is 10.1 Å². The van der Waals surface area contributed by atoms with Gasteiger partial charge >= 0.3 is 5.97 Å². The summed E-state index contributed by atoms with van der Waals surface area (Å²) in [4.78, 5) is 24.3. The lowest BCUT2D eigenvalue weighted by atomic mass is 10.0. The molecule has 0 atom stereocenters. The summed E-state index contributed by atoms with van der Waals surface area (Å²) >= 11 is 0. The number of ether oxygens (including phenoxy) is 1. The number of rotatable bonds is 4. The maximum absolute atomic E-state index is 12.8. The van der Waals surface area contributed by atoms with Gasteiger partial charge in [0.15, 0.2) is 5.75 Å². The zero-order chi connectivity index (χ0) is 19.5.